The van der Waals surface area contributed by atoms with Crippen molar-refractivity contribution in [3.05, 3.63) is 64.7 Å². The van der Waals surface area contributed by atoms with Gasteiger partial charge in [0, 0.05) is 18.1 Å². The van der Waals surface area contributed by atoms with Crippen molar-refractivity contribution in [3.63, 3.8) is 0 Å². The van der Waals surface area contributed by atoms with E-state index in [0.717, 1.165) is 22.5 Å². The molecule has 0 aliphatic carbocycles. The van der Waals surface area contributed by atoms with Crippen LogP contribution in [0.1, 0.15) is 23.7 Å². The minimum absolute atomic E-state index is 0.137. The Kier molecular flexibility index (Phi) is 6.52. The molecular formula is C22H22N6O2S2. The Morgan fingerprint density at radius 2 is 1.91 bits per heavy atom. The Bertz CT molecular complexity index is 1230. The van der Waals surface area contributed by atoms with Gasteiger partial charge in [0.1, 0.15) is 5.75 Å². The zero-order chi connectivity index (χ0) is 22.7. The molecule has 0 spiro atoms. The van der Waals surface area contributed by atoms with E-state index in [2.05, 4.69) is 20.5 Å². The van der Waals surface area contributed by atoms with Crippen molar-refractivity contribution in [2.45, 2.75) is 31.7 Å². The van der Waals surface area contributed by atoms with E-state index in [1.807, 2.05) is 61.7 Å². The van der Waals surface area contributed by atoms with Crippen molar-refractivity contribution in [3.8, 4) is 11.4 Å². The number of benzene rings is 2. The third kappa shape index (κ3) is 4.37. The van der Waals surface area contributed by atoms with E-state index >= 15 is 0 Å². The first-order valence-electron chi connectivity index (χ1n) is 9.85. The first kappa shape index (κ1) is 22.0. The molecular weight excluding hydrogens is 444 g/mol. The summed E-state index contributed by atoms with van der Waals surface area (Å²) in [4.78, 5) is 18.7. The number of thiazole rings is 1. The molecule has 10 heteroatoms. The van der Waals surface area contributed by atoms with E-state index in [1.54, 1.807) is 16.7 Å². The van der Waals surface area contributed by atoms with Crippen molar-refractivity contribution >= 4 is 39.8 Å². The maximum Gasteiger partial charge on any atom is 0.230 e. The van der Waals surface area contributed by atoms with Crippen LogP contribution in [-0.2, 0) is 10.5 Å². The molecule has 2 heterocycles. The lowest BCUT2D eigenvalue weighted by atomic mass is 10.1. The average Bonchev–Trinajstić information content (AvgIpc) is 3.42. The van der Waals surface area contributed by atoms with Crippen LogP contribution in [-0.4, -0.2) is 38.2 Å². The molecule has 0 saturated carbocycles. The lowest BCUT2D eigenvalue weighted by Crippen LogP contribution is -2.23. The maximum absolute atomic E-state index is 12.4. The summed E-state index contributed by atoms with van der Waals surface area (Å²) >= 11 is 2.91. The Hall–Kier alpha value is -3.24. The number of aromatic nitrogens is 5. The number of carbonyl (C=O) groups is 1. The summed E-state index contributed by atoms with van der Waals surface area (Å²) in [6.45, 7) is 5.60. The SMILES string of the molecule is COc1ccccc1N(C(C)=O)c1nc(CSc2nnnn2-c2c(C)cccc2C)cs1. The first-order valence-corrected chi connectivity index (χ1v) is 11.7. The molecule has 0 fully saturated rings. The van der Waals surface area contributed by atoms with Gasteiger partial charge in [0.05, 0.1) is 24.2 Å². The van der Waals surface area contributed by atoms with Gasteiger partial charge < -0.3 is 4.74 Å². The van der Waals surface area contributed by atoms with Crippen LogP contribution < -0.4 is 9.64 Å². The highest BCUT2D eigenvalue weighted by Gasteiger charge is 2.21. The van der Waals surface area contributed by atoms with E-state index in [4.69, 9.17) is 4.74 Å². The summed E-state index contributed by atoms with van der Waals surface area (Å²) < 4.78 is 7.19. The van der Waals surface area contributed by atoms with Crippen LogP contribution in [0.3, 0.4) is 0 Å². The molecule has 0 radical (unpaired) electrons. The largest absolute Gasteiger partial charge is 0.495 e. The van der Waals surface area contributed by atoms with Gasteiger partial charge in [-0.3, -0.25) is 9.69 Å². The molecule has 0 unspecified atom stereocenters. The highest BCUT2D eigenvalue weighted by Crippen LogP contribution is 2.36. The molecule has 4 rings (SSSR count). The van der Waals surface area contributed by atoms with Crippen LogP contribution in [0.2, 0.25) is 0 Å². The van der Waals surface area contributed by atoms with Gasteiger partial charge >= 0.3 is 0 Å². The predicted molar refractivity (Wildman–Crippen MR) is 126 cm³/mol. The number of aryl methyl sites for hydroxylation is 2. The summed E-state index contributed by atoms with van der Waals surface area (Å²) in [5.41, 5.74) is 4.69. The second-order valence-electron chi connectivity index (χ2n) is 7.05. The van der Waals surface area contributed by atoms with E-state index in [1.165, 1.54) is 30.0 Å². The van der Waals surface area contributed by atoms with Crippen LogP contribution in [0.5, 0.6) is 5.75 Å². The van der Waals surface area contributed by atoms with Crippen molar-refractivity contribution in [2.24, 2.45) is 0 Å². The van der Waals surface area contributed by atoms with Gasteiger partial charge in [-0.1, -0.05) is 42.1 Å². The quantitative estimate of drug-likeness (QED) is 0.364. The van der Waals surface area contributed by atoms with Crippen LogP contribution in [0.15, 0.2) is 53.0 Å². The molecule has 0 atom stereocenters. The minimum atomic E-state index is -0.137. The molecule has 1 amide bonds. The van der Waals surface area contributed by atoms with Gasteiger partial charge in [0.15, 0.2) is 5.13 Å². The van der Waals surface area contributed by atoms with Gasteiger partial charge in [-0.25, -0.2) is 4.98 Å². The maximum atomic E-state index is 12.4. The molecule has 0 aliphatic rings. The molecule has 0 bridgehead atoms. The third-order valence-electron chi connectivity index (χ3n) is 4.81. The number of nitrogens with zero attached hydrogens (tertiary/aromatic N) is 6. The number of methoxy groups -OCH3 is 1. The fraction of sp³-hybridized carbons (Fsp3) is 0.227. The number of ether oxygens (including phenoxy) is 1. The number of anilines is 2. The van der Waals surface area contributed by atoms with Crippen molar-refractivity contribution in [1.29, 1.82) is 0 Å². The van der Waals surface area contributed by atoms with Crippen LogP contribution in [0.4, 0.5) is 10.8 Å². The molecule has 8 nitrogen and oxygen atoms in total. The molecule has 0 aliphatic heterocycles. The Balaban J connectivity index is 1.56. The second kappa shape index (κ2) is 9.49. The lowest BCUT2D eigenvalue weighted by Gasteiger charge is -2.20. The average molecular weight is 467 g/mol. The number of para-hydroxylation sites is 3. The first-order chi connectivity index (χ1) is 15.5. The van der Waals surface area contributed by atoms with E-state index in [-0.39, 0.29) is 5.91 Å². The number of amides is 1. The van der Waals surface area contributed by atoms with E-state index in [0.29, 0.717) is 27.5 Å². The summed E-state index contributed by atoms with van der Waals surface area (Å²) in [7, 11) is 1.58. The standard InChI is InChI=1S/C22H22N6O2S2/c1-14-8-7-9-15(2)20(14)28-22(24-25-26-28)32-13-17-12-31-21(23-17)27(16(3)29)18-10-5-6-11-19(18)30-4/h5-12H,13H2,1-4H3. The highest BCUT2D eigenvalue weighted by atomic mass is 32.2. The van der Waals surface area contributed by atoms with E-state index < -0.39 is 0 Å². The molecule has 0 saturated heterocycles. The molecule has 0 N–H and O–H groups in total. The number of thioether (sulfide) groups is 1. The number of hydrogen-bond acceptors (Lipinski definition) is 8. The Morgan fingerprint density at radius 1 is 1.16 bits per heavy atom. The topological polar surface area (TPSA) is 86.0 Å². The fourth-order valence-electron chi connectivity index (χ4n) is 3.37. The number of tetrazole rings is 1. The number of hydrogen-bond donors (Lipinski definition) is 0. The monoisotopic (exact) mass is 466 g/mol. The summed E-state index contributed by atoms with van der Waals surface area (Å²) in [6, 6.07) is 13.5. The van der Waals surface area contributed by atoms with Crippen molar-refractivity contribution in [2.75, 3.05) is 12.0 Å². The van der Waals surface area contributed by atoms with Gasteiger partial charge in [-0.2, -0.15) is 4.68 Å². The lowest BCUT2D eigenvalue weighted by molar-refractivity contribution is -0.115. The van der Waals surface area contributed by atoms with Gasteiger partial charge in [-0.05, 0) is 47.5 Å². The molecule has 2 aromatic heterocycles. The van der Waals surface area contributed by atoms with Crippen LogP contribution >= 0.6 is 23.1 Å². The van der Waals surface area contributed by atoms with Crippen molar-refractivity contribution in [1.82, 2.24) is 25.2 Å². The van der Waals surface area contributed by atoms with Crippen LogP contribution in [0, 0.1) is 13.8 Å². The third-order valence-corrected chi connectivity index (χ3v) is 6.64. The summed E-state index contributed by atoms with van der Waals surface area (Å²) in [5.74, 6) is 1.04. The predicted octanol–water partition coefficient (Wildman–Crippen LogP) is 4.72. The second-order valence-corrected chi connectivity index (χ2v) is 8.83. The Morgan fingerprint density at radius 3 is 2.62 bits per heavy atom. The van der Waals surface area contributed by atoms with Gasteiger partial charge in [-0.15, -0.1) is 16.4 Å². The zero-order valence-corrected chi connectivity index (χ0v) is 19.8. The number of carbonyl (C=O) groups excluding carboxylic acids is 1. The zero-order valence-electron chi connectivity index (χ0n) is 18.1. The number of rotatable bonds is 7. The van der Waals surface area contributed by atoms with Gasteiger partial charge in [0.25, 0.3) is 0 Å². The van der Waals surface area contributed by atoms with Crippen LogP contribution in [0.25, 0.3) is 5.69 Å². The molecule has 4 aromatic rings. The summed E-state index contributed by atoms with van der Waals surface area (Å²) in [6.07, 6.45) is 0. The minimum Gasteiger partial charge on any atom is -0.495 e. The smallest absolute Gasteiger partial charge is 0.230 e. The van der Waals surface area contributed by atoms with Crippen molar-refractivity contribution < 1.29 is 9.53 Å². The highest BCUT2D eigenvalue weighted by molar-refractivity contribution is 7.98. The molecule has 2 aromatic carbocycles. The summed E-state index contributed by atoms with van der Waals surface area (Å²) in [5, 5.41) is 15.5. The molecule has 164 valence electrons. The Labute approximate surface area is 194 Å². The molecule has 32 heavy (non-hydrogen) atoms. The van der Waals surface area contributed by atoms with E-state index in [9.17, 15) is 4.79 Å². The fourth-order valence-corrected chi connectivity index (χ4v) is 5.13. The van der Waals surface area contributed by atoms with Gasteiger partial charge in [0.2, 0.25) is 11.1 Å². The normalized spacial score (nSPS) is 10.9.